The van der Waals surface area contributed by atoms with Gasteiger partial charge in [-0.3, -0.25) is 14.5 Å². The van der Waals surface area contributed by atoms with Crippen molar-refractivity contribution in [1.29, 1.82) is 0 Å². The van der Waals surface area contributed by atoms with Crippen molar-refractivity contribution in [2.45, 2.75) is 19.4 Å². The Balaban J connectivity index is 1.43. The molecule has 0 saturated carbocycles. The van der Waals surface area contributed by atoms with Gasteiger partial charge in [0.25, 0.3) is 0 Å². The monoisotopic (exact) mass is 363 g/mol. The molecule has 0 bridgehead atoms. The molecule has 8 heteroatoms. The first-order valence-corrected chi connectivity index (χ1v) is 9.32. The maximum absolute atomic E-state index is 12.8. The van der Waals surface area contributed by atoms with E-state index < -0.39 is 0 Å². The van der Waals surface area contributed by atoms with Crippen LogP contribution < -0.4 is 0 Å². The average molecular weight is 363 g/mol. The minimum atomic E-state index is 0.0151. The summed E-state index contributed by atoms with van der Waals surface area (Å²) in [5, 5.41) is 0. The Morgan fingerprint density at radius 2 is 1.81 bits per heavy atom. The van der Waals surface area contributed by atoms with Crippen LogP contribution in [0.2, 0.25) is 0 Å². The number of ether oxygens (including phenoxy) is 1. The topological polar surface area (TPSA) is 70.9 Å². The molecule has 0 radical (unpaired) electrons. The highest BCUT2D eigenvalue weighted by molar-refractivity contribution is 5.80. The van der Waals surface area contributed by atoms with Gasteiger partial charge in [-0.1, -0.05) is 0 Å². The van der Waals surface area contributed by atoms with Gasteiger partial charge in [-0.2, -0.15) is 0 Å². The van der Waals surface area contributed by atoms with Crippen LogP contribution in [0, 0.1) is 5.92 Å². The number of methoxy groups -OCH3 is 1. The van der Waals surface area contributed by atoms with E-state index in [4.69, 9.17) is 4.74 Å². The number of amides is 2. The quantitative estimate of drug-likeness (QED) is 0.734. The summed E-state index contributed by atoms with van der Waals surface area (Å²) in [5.74, 6) is 1.36. The van der Waals surface area contributed by atoms with Gasteiger partial charge >= 0.3 is 0 Å². The Kier molecular flexibility index (Phi) is 6.26. The first-order valence-electron chi connectivity index (χ1n) is 9.32. The van der Waals surface area contributed by atoms with E-state index in [0.29, 0.717) is 13.1 Å². The maximum Gasteiger partial charge on any atom is 0.248 e. The summed E-state index contributed by atoms with van der Waals surface area (Å²) in [6.45, 7) is 5.54. The molecule has 0 N–H and O–H groups in total. The van der Waals surface area contributed by atoms with Gasteiger partial charge in [0.1, 0.15) is 12.4 Å². The number of hydrogen-bond acceptors (Lipinski definition) is 5. The normalized spacial score (nSPS) is 19.8. The van der Waals surface area contributed by atoms with E-state index in [1.54, 1.807) is 4.90 Å². The number of piperazine rings is 1. The fourth-order valence-corrected chi connectivity index (χ4v) is 3.72. The van der Waals surface area contributed by atoms with Crippen molar-refractivity contribution in [2.24, 2.45) is 13.0 Å². The number of likely N-dealkylation sites (tertiary alicyclic amines) is 1. The molecule has 2 fully saturated rings. The third kappa shape index (κ3) is 4.42. The zero-order chi connectivity index (χ0) is 18.5. The average Bonchev–Trinajstić information content (AvgIpc) is 3.07. The van der Waals surface area contributed by atoms with Gasteiger partial charge in [0.05, 0.1) is 6.54 Å². The molecule has 0 atom stereocenters. The van der Waals surface area contributed by atoms with Gasteiger partial charge in [0.2, 0.25) is 11.8 Å². The first kappa shape index (κ1) is 18.8. The molecular formula is C18H29N5O3. The van der Waals surface area contributed by atoms with Crippen molar-refractivity contribution in [3.05, 3.63) is 18.2 Å². The molecule has 0 spiro atoms. The number of aryl methyl sites for hydroxylation is 1. The van der Waals surface area contributed by atoms with Crippen LogP contribution in [-0.4, -0.2) is 89.1 Å². The summed E-state index contributed by atoms with van der Waals surface area (Å²) in [6, 6.07) is 0. The Bertz CT molecular complexity index is 616. The fraction of sp³-hybridized carbons (Fsp3) is 0.722. The largest absolute Gasteiger partial charge is 0.375 e. The van der Waals surface area contributed by atoms with Crippen LogP contribution in [0.1, 0.15) is 18.7 Å². The Morgan fingerprint density at radius 1 is 1.12 bits per heavy atom. The number of imidazole rings is 1. The molecule has 3 rings (SSSR count). The predicted molar refractivity (Wildman–Crippen MR) is 96.2 cm³/mol. The van der Waals surface area contributed by atoms with Crippen LogP contribution in [0.3, 0.4) is 0 Å². The number of carbonyl (C=O) groups is 2. The highest BCUT2D eigenvalue weighted by Crippen LogP contribution is 2.21. The van der Waals surface area contributed by atoms with Gasteiger partial charge in [-0.25, -0.2) is 4.98 Å². The molecule has 2 aliphatic rings. The third-order valence-electron chi connectivity index (χ3n) is 5.43. The van der Waals surface area contributed by atoms with E-state index in [2.05, 4.69) is 9.88 Å². The van der Waals surface area contributed by atoms with Crippen molar-refractivity contribution < 1.29 is 14.3 Å². The second-order valence-electron chi connectivity index (χ2n) is 7.14. The lowest BCUT2D eigenvalue weighted by Gasteiger charge is -2.38. The zero-order valence-electron chi connectivity index (χ0n) is 15.8. The second kappa shape index (κ2) is 8.64. The number of carbonyl (C=O) groups excluding carboxylic acids is 2. The molecule has 2 amide bonds. The predicted octanol–water partition coefficient (Wildman–Crippen LogP) is -0.0507. The molecule has 2 aliphatic heterocycles. The smallest absolute Gasteiger partial charge is 0.248 e. The summed E-state index contributed by atoms with van der Waals surface area (Å²) >= 11 is 0. The van der Waals surface area contributed by atoms with Crippen molar-refractivity contribution in [1.82, 2.24) is 24.3 Å². The number of aromatic nitrogens is 2. The number of rotatable bonds is 5. The molecule has 2 saturated heterocycles. The van der Waals surface area contributed by atoms with Crippen molar-refractivity contribution in [3.63, 3.8) is 0 Å². The van der Waals surface area contributed by atoms with Crippen LogP contribution in [0.5, 0.6) is 0 Å². The number of piperidine rings is 1. The molecule has 0 unspecified atom stereocenters. The minimum Gasteiger partial charge on any atom is -0.375 e. The van der Waals surface area contributed by atoms with Crippen molar-refractivity contribution >= 4 is 11.8 Å². The van der Waals surface area contributed by atoms with Gasteiger partial charge in [-0.05, 0) is 12.8 Å². The summed E-state index contributed by atoms with van der Waals surface area (Å²) in [4.78, 5) is 35.2. The van der Waals surface area contributed by atoms with E-state index in [0.717, 1.165) is 51.4 Å². The first-order chi connectivity index (χ1) is 12.6. The van der Waals surface area contributed by atoms with Crippen LogP contribution in [0.15, 0.2) is 12.4 Å². The Morgan fingerprint density at radius 3 is 2.38 bits per heavy atom. The second-order valence-corrected chi connectivity index (χ2v) is 7.14. The van der Waals surface area contributed by atoms with Crippen molar-refractivity contribution in [2.75, 3.05) is 53.0 Å². The van der Waals surface area contributed by atoms with Crippen LogP contribution >= 0.6 is 0 Å². The Labute approximate surface area is 154 Å². The van der Waals surface area contributed by atoms with Crippen LogP contribution in [0.4, 0.5) is 0 Å². The van der Waals surface area contributed by atoms with Gasteiger partial charge < -0.3 is 19.1 Å². The van der Waals surface area contributed by atoms with E-state index in [1.807, 2.05) is 28.9 Å². The number of nitrogens with zero attached hydrogens (tertiary/aromatic N) is 5. The van der Waals surface area contributed by atoms with Crippen LogP contribution in [0.25, 0.3) is 0 Å². The summed E-state index contributed by atoms with van der Waals surface area (Å²) < 4.78 is 6.94. The lowest BCUT2D eigenvalue weighted by atomic mass is 9.95. The van der Waals surface area contributed by atoms with E-state index in [9.17, 15) is 9.59 Å². The summed E-state index contributed by atoms with van der Waals surface area (Å²) in [6.07, 6.45) is 5.28. The molecule has 0 aromatic carbocycles. The molecule has 1 aromatic rings. The summed E-state index contributed by atoms with van der Waals surface area (Å²) in [5.41, 5.74) is 0. The minimum absolute atomic E-state index is 0.0151. The summed E-state index contributed by atoms with van der Waals surface area (Å²) in [7, 11) is 3.54. The molecule has 8 nitrogen and oxygen atoms in total. The van der Waals surface area contributed by atoms with E-state index in [1.165, 1.54) is 7.11 Å². The van der Waals surface area contributed by atoms with E-state index >= 15 is 0 Å². The lowest BCUT2D eigenvalue weighted by molar-refractivity contribution is -0.143. The fourth-order valence-electron chi connectivity index (χ4n) is 3.72. The SMILES string of the molecule is COCC(=O)N1CCC(C(=O)N2CCN(Cc3nccn3C)CC2)CC1. The molecule has 144 valence electrons. The van der Waals surface area contributed by atoms with Gasteiger partial charge in [0.15, 0.2) is 0 Å². The molecule has 3 heterocycles. The van der Waals surface area contributed by atoms with Crippen LogP contribution in [-0.2, 0) is 27.9 Å². The van der Waals surface area contributed by atoms with Gasteiger partial charge in [-0.15, -0.1) is 0 Å². The standard InChI is InChI=1S/C18H29N5O3/c1-20-8-5-19-16(20)13-21-9-11-23(12-10-21)18(25)15-3-6-22(7-4-15)17(24)14-26-2/h5,8,15H,3-4,6-7,9-14H2,1-2H3. The molecule has 1 aromatic heterocycles. The highest BCUT2D eigenvalue weighted by atomic mass is 16.5. The Hall–Kier alpha value is -1.93. The van der Waals surface area contributed by atoms with E-state index in [-0.39, 0.29) is 24.3 Å². The molecular weight excluding hydrogens is 334 g/mol. The number of hydrogen-bond donors (Lipinski definition) is 0. The van der Waals surface area contributed by atoms with Gasteiger partial charge in [0, 0.05) is 71.7 Å². The third-order valence-corrected chi connectivity index (χ3v) is 5.43. The van der Waals surface area contributed by atoms with Crippen molar-refractivity contribution in [3.8, 4) is 0 Å². The zero-order valence-corrected chi connectivity index (χ0v) is 15.8. The molecule has 26 heavy (non-hydrogen) atoms. The highest BCUT2D eigenvalue weighted by Gasteiger charge is 2.31. The lowest BCUT2D eigenvalue weighted by Crippen LogP contribution is -2.51. The maximum atomic E-state index is 12.8. The molecule has 0 aliphatic carbocycles.